The number of anilines is 1. The first kappa shape index (κ1) is 15.7. The summed E-state index contributed by atoms with van der Waals surface area (Å²) in [6.45, 7) is 6.16. The molecule has 4 heteroatoms. The van der Waals surface area contributed by atoms with Gasteiger partial charge in [-0.3, -0.25) is 0 Å². The predicted octanol–water partition coefficient (Wildman–Crippen LogP) is 4.00. The Bertz CT molecular complexity index is 844. The SMILES string of the molecule is CCCc1cc(=O)oc2cc(N(C)C)c3c(c12)OC(C)(C)C=C3. The maximum Gasteiger partial charge on any atom is 0.336 e. The van der Waals surface area contributed by atoms with Crippen molar-refractivity contribution in [2.24, 2.45) is 0 Å². The van der Waals surface area contributed by atoms with E-state index in [1.165, 1.54) is 0 Å². The molecule has 0 unspecified atom stereocenters. The van der Waals surface area contributed by atoms with Gasteiger partial charge in [0.15, 0.2) is 0 Å². The van der Waals surface area contributed by atoms with Gasteiger partial charge in [-0.1, -0.05) is 13.3 Å². The van der Waals surface area contributed by atoms with E-state index in [9.17, 15) is 4.79 Å². The first-order chi connectivity index (χ1) is 10.8. The normalized spacial score (nSPS) is 15.3. The standard InChI is InChI=1S/C19H23NO3/c1-6-7-12-10-16(21)22-15-11-14(20(4)5)13-8-9-19(2,3)23-18(13)17(12)15/h8-11H,6-7H2,1-5H3. The van der Waals surface area contributed by atoms with E-state index in [0.717, 1.165) is 40.8 Å². The summed E-state index contributed by atoms with van der Waals surface area (Å²) in [5, 5.41) is 0.921. The zero-order valence-electron chi connectivity index (χ0n) is 14.4. The van der Waals surface area contributed by atoms with Crippen molar-refractivity contribution < 1.29 is 9.15 Å². The Hall–Kier alpha value is -2.23. The number of aryl methyl sites for hydroxylation is 1. The molecule has 0 N–H and O–H groups in total. The van der Waals surface area contributed by atoms with Crippen LogP contribution < -0.4 is 15.3 Å². The van der Waals surface area contributed by atoms with Crippen molar-refractivity contribution in [2.45, 2.75) is 39.2 Å². The largest absolute Gasteiger partial charge is 0.482 e. The van der Waals surface area contributed by atoms with Crippen molar-refractivity contribution in [2.75, 3.05) is 19.0 Å². The highest BCUT2D eigenvalue weighted by atomic mass is 16.5. The molecule has 0 atom stereocenters. The molecule has 1 aromatic heterocycles. The fourth-order valence-electron chi connectivity index (χ4n) is 3.06. The Morgan fingerprint density at radius 1 is 1.22 bits per heavy atom. The molecule has 2 aromatic rings. The van der Waals surface area contributed by atoms with Gasteiger partial charge in [0.05, 0.1) is 11.1 Å². The first-order valence-corrected chi connectivity index (χ1v) is 8.01. The number of ether oxygens (including phenoxy) is 1. The lowest BCUT2D eigenvalue weighted by Crippen LogP contribution is -2.28. The number of fused-ring (bicyclic) bond motifs is 3. The topological polar surface area (TPSA) is 42.7 Å². The lowest BCUT2D eigenvalue weighted by molar-refractivity contribution is 0.161. The second kappa shape index (κ2) is 5.44. The number of benzene rings is 1. The van der Waals surface area contributed by atoms with Gasteiger partial charge in [0.2, 0.25) is 0 Å². The first-order valence-electron chi connectivity index (χ1n) is 8.01. The van der Waals surface area contributed by atoms with Crippen LogP contribution in [-0.4, -0.2) is 19.7 Å². The van der Waals surface area contributed by atoms with Crippen LogP contribution in [0.25, 0.3) is 17.0 Å². The van der Waals surface area contributed by atoms with E-state index in [2.05, 4.69) is 19.1 Å². The van der Waals surface area contributed by atoms with Gasteiger partial charge >= 0.3 is 5.63 Å². The minimum atomic E-state index is -0.384. The molecule has 2 heterocycles. The van der Waals surface area contributed by atoms with Crippen LogP contribution in [0.1, 0.15) is 38.3 Å². The maximum absolute atomic E-state index is 11.9. The third-order valence-electron chi connectivity index (χ3n) is 4.10. The van der Waals surface area contributed by atoms with Gasteiger partial charge in [-0.25, -0.2) is 4.79 Å². The van der Waals surface area contributed by atoms with E-state index in [-0.39, 0.29) is 11.2 Å². The second-order valence-electron chi connectivity index (χ2n) is 6.79. The second-order valence-corrected chi connectivity index (χ2v) is 6.79. The summed E-state index contributed by atoms with van der Waals surface area (Å²) in [6, 6.07) is 3.52. The fraction of sp³-hybridized carbons (Fsp3) is 0.421. The van der Waals surface area contributed by atoms with E-state index in [1.807, 2.05) is 38.9 Å². The molecule has 0 aliphatic carbocycles. The lowest BCUT2D eigenvalue weighted by atomic mass is 9.95. The average Bonchev–Trinajstić information content (AvgIpc) is 2.44. The van der Waals surface area contributed by atoms with Gasteiger partial charge < -0.3 is 14.1 Å². The third kappa shape index (κ3) is 2.74. The molecule has 0 spiro atoms. The zero-order valence-corrected chi connectivity index (χ0v) is 14.4. The van der Waals surface area contributed by atoms with Crippen LogP contribution in [0.4, 0.5) is 5.69 Å². The summed E-state index contributed by atoms with van der Waals surface area (Å²) in [5.74, 6) is 0.811. The summed E-state index contributed by atoms with van der Waals surface area (Å²) in [5.41, 5.74) is 2.91. The van der Waals surface area contributed by atoms with E-state index in [4.69, 9.17) is 9.15 Å². The molecule has 0 fully saturated rings. The molecule has 1 aromatic carbocycles. The molecule has 0 radical (unpaired) electrons. The molecular weight excluding hydrogens is 290 g/mol. The minimum Gasteiger partial charge on any atom is -0.482 e. The highest BCUT2D eigenvalue weighted by Gasteiger charge is 2.28. The molecule has 0 saturated carbocycles. The Labute approximate surface area is 136 Å². The highest BCUT2D eigenvalue weighted by molar-refractivity contribution is 5.96. The Kier molecular flexibility index (Phi) is 3.71. The summed E-state index contributed by atoms with van der Waals surface area (Å²) in [7, 11) is 3.95. The summed E-state index contributed by atoms with van der Waals surface area (Å²) < 4.78 is 11.8. The van der Waals surface area contributed by atoms with Crippen LogP contribution in [-0.2, 0) is 6.42 Å². The summed E-state index contributed by atoms with van der Waals surface area (Å²) in [4.78, 5) is 13.9. The summed E-state index contributed by atoms with van der Waals surface area (Å²) >= 11 is 0. The predicted molar refractivity (Wildman–Crippen MR) is 94.5 cm³/mol. The molecule has 3 rings (SSSR count). The highest BCUT2D eigenvalue weighted by Crippen LogP contribution is 2.43. The van der Waals surface area contributed by atoms with E-state index >= 15 is 0 Å². The molecule has 1 aliphatic heterocycles. The molecular formula is C19H23NO3. The van der Waals surface area contributed by atoms with Crippen molar-refractivity contribution in [3.8, 4) is 5.75 Å². The molecule has 122 valence electrons. The number of hydrogen-bond donors (Lipinski definition) is 0. The quantitative estimate of drug-likeness (QED) is 0.803. The van der Waals surface area contributed by atoms with Gasteiger partial charge in [-0.15, -0.1) is 0 Å². The molecule has 1 aliphatic rings. The van der Waals surface area contributed by atoms with Crippen molar-refractivity contribution in [3.63, 3.8) is 0 Å². The van der Waals surface area contributed by atoms with Gasteiger partial charge in [-0.2, -0.15) is 0 Å². The molecule has 23 heavy (non-hydrogen) atoms. The van der Waals surface area contributed by atoms with E-state index in [0.29, 0.717) is 5.58 Å². The van der Waals surface area contributed by atoms with Crippen molar-refractivity contribution in [1.82, 2.24) is 0 Å². The van der Waals surface area contributed by atoms with E-state index in [1.54, 1.807) is 6.07 Å². The van der Waals surface area contributed by atoms with Crippen LogP contribution in [0.3, 0.4) is 0 Å². The Morgan fingerprint density at radius 2 is 1.96 bits per heavy atom. The summed E-state index contributed by atoms with van der Waals surface area (Å²) in [6.07, 6.45) is 5.95. The van der Waals surface area contributed by atoms with Crippen molar-refractivity contribution in [1.29, 1.82) is 0 Å². The zero-order chi connectivity index (χ0) is 16.8. The fourth-order valence-corrected chi connectivity index (χ4v) is 3.06. The minimum absolute atomic E-state index is 0.309. The van der Waals surface area contributed by atoms with Crippen LogP contribution in [0, 0.1) is 0 Å². The van der Waals surface area contributed by atoms with Crippen LogP contribution in [0.15, 0.2) is 27.4 Å². The molecule has 0 bridgehead atoms. The van der Waals surface area contributed by atoms with Crippen molar-refractivity contribution >= 4 is 22.7 Å². The Balaban J connectivity index is 2.43. The monoisotopic (exact) mass is 313 g/mol. The smallest absolute Gasteiger partial charge is 0.336 e. The lowest BCUT2D eigenvalue weighted by Gasteiger charge is -2.31. The van der Waals surface area contributed by atoms with Gasteiger partial charge in [0, 0.05) is 31.8 Å². The Morgan fingerprint density at radius 3 is 2.61 bits per heavy atom. The van der Waals surface area contributed by atoms with Gasteiger partial charge in [-0.05, 0) is 38.0 Å². The van der Waals surface area contributed by atoms with Crippen LogP contribution in [0.2, 0.25) is 0 Å². The maximum atomic E-state index is 11.9. The van der Waals surface area contributed by atoms with Gasteiger partial charge in [0.25, 0.3) is 0 Å². The van der Waals surface area contributed by atoms with Crippen LogP contribution in [0.5, 0.6) is 5.75 Å². The number of nitrogens with zero attached hydrogens (tertiary/aromatic N) is 1. The number of rotatable bonds is 3. The van der Waals surface area contributed by atoms with Crippen LogP contribution >= 0.6 is 0 Å². The van der Waals surface area contributed by atoms with E-state index < -0.39 is 0 Å². The molecule has 0 saturated heterocycles. The van der Waals surface area contributed by atoms with Gasteiger partial charge in [0.1, 0.15) is 16.9 Å². The third-order valence-corrected chi connectivity index (χ3v) is 4.10. The average molecular weight is 313 g/mol. The molecule has 4 nitrogen and oxygen atoms in total. The molecule has 0 amide bonds. The number of hydrogen-bond acceptors (Lipinski definition) is 4. The van der Waals surface area contributed by atoms with Crippen molar-refractivity contribution in [3.05, 3.63) is 39.8 Å².